The number of nitrogens with two attached hydrogens (primary N) is 1. The van der Waals surface area contributed by atoms with Gasteiger partial charge in [0, 0.05) is 19.4 Å². The van der Waals surface area contributed by atoms with Crippen molar-refractivity contribution in [2.24, 2.45) is 5.73 Å². The third-order valence-electron chi connectivity index (χ3n) is 1.92. The van der Waals surface area contributed by atoms with Crippen LogP contribution in [-0.2, 0) is 11.3 Å². The molecule has 0 fully saturated rings. The first-order chi connectivity index (χ1) is 7.19. The van der Waals surface area contributed by atoms with E-state index in [0.717, 1.165) is 0 Å². The molecule has 1 aromatic rings. The van der Waals surface area contributed by atoms with Crippen LogP contribution in [0.2, 0.25) is 0 Å². The molecule has 0 unspecified atom stereocenters. The summed E-state index contributed by atoms with van der Waals surface area (Å²) in [5.74, 6) is 0.275. The molecule has 0 radical (unpaired) electrons. The van der Waals surface area contributed by atoms with Crippen LogP contribution in [0.5, 0.6) is 5.88 Å². The molecule has 0 aliphatic carbocycles. The molecule has 1 rings (SSSR count). The second-order valence-electron chi connectivity index (χ2n) is 2.97. The minimum absolute atomic E-state index is 0.0148. The Morgan fingerprint density at radius 1 is 1.53 bits per heavy atom. The van der Waals surface area contributed by atoms with E-state index < -0.39 is 0 Å². The van der Waals surface area contributed by atoms with Gasteiger partial charge in [-0.05, 0) is 0 Å². The van der Waals surface area contributed by atoms with E-state index in [1.165, 1.54) is 18.2 Å². The summed E-state index contributed by atoms with van der Waals surface area (Å²) in [7, 11) is 3.17. The Morgan fingerprint density at radius 3 is 2.80 bits per heavy atom. The van der Waals surface area contributed by atoms with Crippen molar-refractivity contribution < 1.29 is 9.53 Å². The van der Waals surface area contributed by atoms with Gasteiger partial charge in [-0.2, -0.15) is 0 Å². The standard InChI is InChI=1S/C9H14N4O2/c1-13(8(14)5-10)6-7-9(15-2)12-4-3-11-7/h3-4H,5-6,10H2,1-2H3. The minimum Gasteiger partial charge on any atom is -0.480 e. The molecule has 0 aliphatic heterocycles. The summed E-state index contributed by atoms with van der Waals surface area (Å²) in [6.07, 6.45) is 3.09. The van der Waals surface area contributed by atoms with E-state index >= 15 is 0 Å². The zero-order valence-electron chi connectivity index (χ0n) is 8.80. The van der Waals surface area contributed by atoms with E-state index in [0.29, 0.717) is 18.1 Å². The van der Waals surface area contributed by atoms with Crippen LogP contribution in [0.4, 0.5) is 0 Å². The van der Waals surface area contributed by atoms with E-state index in [1.54, 1.807) is 13.2 Å². The second-order valence-corrected chi connectivity index (χ2v) is 2.97. The molecule has 1 amide bonds. The van der Waals surface area contributed by atoms with Gasteiger partial charge in [0.15, 0.2) is 0 Å². The molecule has 1 aromatic heterocycles. The lowest BCUT2D eigenvalue weighted by atomic mass is 10.4. The Balaban J connectivity index is 2.75. The van der Waals surface area contributed by atoms with Gasteiger partial charge in [0.05, 0.1) is 20.2 Å². The normalized spacial score (nSPS) is 9.80. The Morgan fingerprint density at radius 2 is 2.20 bits per heavy atom. The van der Waals surface area contributed by atoms with Crippen molar-refractivity contribution >= 4 is 5.91 Å². The number of amides is 1. The monoisotopic (exact) mass is 210 g/mol. The molecule has 2 N–H and O–H groups in total. The predicted octanol–water partition coefficient (Wildman–Crippen LogP) is -0.598. The van der Waals surface area contributed by atoms with Crippen LogP contribution in [0.15, 0.2) is 12.4 Å². The van der Waals surface area contributed by atoms with E-state index in [1.807, 2.05) is 0 Å². The molecule has 0 saturated carbocycles. The van der Waals surface area contributed by atoms with Crippen molar-refractivity contribution in [1.82, 2.24) is 14.9 Å². The highest BCUT2D eigenvalue weighted by Crippen LogP contribution is 2.12. The number of carbonyl (C=O) groups excluding carboxylic acids is 1. The van der Waals surface area contributed by atoms with Crippen LogP contribution in [0.3, 0.4) is 0 Å². The molecule has 0 saturated heterocycles. The summed E-state index contributed by atoms with van der Waals surface area (Å²) in [5.41, 5.74) is 5.85. The maximum Gasteiger partial charge on any atom is 0.237 e. The Kier molecular flexibility index (Phi) is 3.99. The number of likely N-dealkylation sites (N-methyl/N-ethyl adjacent to an activating group) is 1. The predicted molar refractivity (Wildman–Crippen MR) is 54.1 cm³/mol. The summed E-state index contributed by atoms with van der Waals surface area (Å²) in [4.78, 5) is 20.8. The third kappa shape index (κ3) is 2.88. The molecule has 0 aromatic carbocycles. The Bertz CT molecular complexity index is 343. The van der Waals surface area contributed by atoms with Crippen LogP contribution in [0.1, 0.15) is 5.69 Å². The molecule has 0 atom stereocenters. The van der Waals surface area contributed by atoms with Gasteiger partial charge in [-0.15, -0.1) is 0 Å². The van der Waals surface area contributed by atoms with Crippen molar-refractivity contribution in [3.05, 3.63) is 18.1 Å². The van der Waals surface area contributed by atoms with Gasteiger partial charge in [0.1, 0.15) is 5.69 Å². The fraction of sp³-hybridized carbons (Fsp3) is 0.444. The van der Waals surface area contributed by atoms with E-state index in [-0.39, 0.29) is 12.5 Å². The lowest BCUT2D eigenvalue weighted by Gasteiger charge is -2.16. The van der Waals surface area contributed by atoms with Crippen molar-refractivity contribution in [2.75, 3.05) is 20.7 Å². The molecule has 6 nitrogen and oxygen atoms in total. The molecular formula is C9H14N4O2. The van der Waals surface area contributed by atoms with Crippen molar-refractivity contribution in [3.63, 3.8) is 0 Å². The summed E-state index contributed by atoms with van der Waals surface area (Å²) < 4.78 is 5.02. The topological polar surface area (TPSA) is 81.3 Å². The van der Waals surface area contributed by atoms with Gasteiger partial charge in [-0.3, -0.25) is 9.78 Å². The number of aromatic nitrogens is 2. The average molecular weight is 210 g/mol. The van der Waals surface area contributed by atoms with Crippen LogP contribution in [0.25, 0.3) is 0 Å². The molecule has 0 aliphatic rings. The van der Waals surface area contributed by atoms with Crippen molar-refractivity contribution in [3.8, 4) is 5.88 Å². The van der Waals surface area contributed by atoms with Crippen LogP contribution in [-0.4, -0.2) is 41.5 Å². The second kappa shape index (κ2) is 5.26. The summed E-state index contributed by atoms with van der Waals surface area (Å²) in [6.45, 7) is 0.326. The molecular weight excluding hydrogens is 196 g/mol. The van der Waals surface area contributed by atoms with Crippen LogP contribution < -0.4 is 10.5 Å². The number of ether oxygens (including phenoxy) is 1. The van der Waals surface area contributed by atoms with Gasteiger partial charge in [0.2, 0.25) is 11.8 Å². The smallest absolute Gasteiger partial charge is 0.237 e. The molecule has 82 valence electrons. The summed E-state index contributed by atoms with van der Waals surface area (Å²) >= 11 is 0. The van der Waals surface area contributed by atoms with E-state index in [9.17, 15) is 4.79 Å². The number of hydrogen-bond donors (Lipinski definition) is 1. The Labute approximate surface area is 88.1 Å². The SMILES string of the molecule is COc1nccnc1CN(C)C(=O)CN. The maximum atomic E-state index is 11.2. The first-order valence-electron chi connectivity index (χ1n) is 4.47. The minimum atomic E-state index is -0.150. The zero-order valence-corrected chi connectivity index (χ0v) is 8.80. The van der Waals surface area contributed by atoms with Crippen molar-refractivity contribution in [1.29, 1.82) is 0 Å². The average Bonchev–Trinajstić information content (AvgIpc) is 2.28. The Hall–Kier alpha value is -1.69. The highest BCUT2D eigenvalue weighted by atomic mass is 16.5. The van der Waals surface area contributed by atoms with Crippen LogP contribution in [0, 0.1) is 0 Å². The fourth-order valence-corrected chi connectivity index (χ4v) is 1.10. The highest BCUT2D eigenvalue weighted by Gasteiger charge is 2.11. The number of nitrogens with zero attached hydrogens (tertiary/aromatic N) is 3. The van der Waals surface area contributed by atoms with Crippen LogP contribution >= 0.6 is 0 Å². The fourth-order valence-electron chi connectivity index (χ4n) is 1.10. The molecule has 1 heterocycles. The van der Waals surface area contributed by atoms with Crippen molar-refractivity contribution in [2.45, 2.75) is 6.54 Å². The highest BCUT2D eigenvalue weighted by molar-refractivity contribution is 5.77. The maximum absolute atomic E-state index is 11.2. The lowest BCUT2D eigenvalue weighted by molar-refractivity contribution is -0.128. The van der Waals surface area contributed by atoms with E-state index in [2.05, 4.69) is 9.97 Å². The van der Waals surface area contributed by atoms with Gasteiger partial charge in [0.25, 0.3) is 0 Å². The zero-order chi connectivity index (χ0) is 11.3. The number of methoxy groups -OCH3 is 1. The lowest BCUT2D eigenvalue weighted by Crippen LogP contribution is -2.32. The summed E-state index contributed by atoms with van der Waals surface area (Å²) in [6, 6.07) is 0. The van der Waals surface area contributed by atoms with Gasteiger partial charge < -0.3 is 15.4 Å². The molecule has 0 bridgehead atoms. The van der Waals surface area contributed by atoms with Gasteiger partial charge >= 0.3 is 0 Å². The number of rotatable bonds is 4. The van der Waals surface area contributed by atoms with Gasteiger partial charge in [-0.25, -0.2) is 4.98 Å². The molecule has 15 heavy (non-hydrogen) atoms. The van der Waals surface area contributed by atoms with E-state index in [4.69, 9.17) is 10.5 Å². The first kappa shape index (κ1) is 11.4. The third-order valence-corrected chi connectivity index (χ3v) is 1.92. The first-order valence-corrected chi connectivity index (χ1v) is 4.47. The molecule has 0 spiro atoms. The number of carbonyl (C=O) groups is 1. The van der Waals surface area contributed by atoms with Gasteiger partial charge in [-0.1, -0.05) is 0 Å². The summed E-state index contributed by atoms with van der Waals surface area (Å²) in [5, 5.41) is 0. The molecule has 6 heteroatoms. The quantitative estimate of drug-likeness (QED) is 0.717. The number of hydrogen-bond acceptors (Lipinski definition) is 5. The largest absolute Gasteiger partial charge is 0.480 e.